The van der Waals surface area contributed by atoms with E-state index in [0.29, 0.717) is 21.8 Å². The van der Waals surface area contributed by atoms with Gasteiger partial charge in [0.2, 0.25) is 5.91 Å². The fraction of sp³-hybridized carbons (Fsp3) is 0.0625. The van der Waals surface area contributed by atoms with Crippen LogP contribution < -0.4 is 16.2 Å². The largest absolute Gasteiger partial charge is 0.326 e. The normalized spacial score (nSPS) is 9.83. The Kier molecular flexibility index (Phi) is 5.32. The van der Waals surface area contributed by atoms with E-state index in [9.17, 15) is 14.4 Å². The second-order valence-electron chi connectivity index (χ2n) is 4.68. The van der Waals surface area contributed by atoms with Crippen molar-refractivity contribution in [3.05, 3.63) is 64.7 Å². The van der Waals surface area contributed by atoms with Gasteiger partial charge in [0, 0.05) is 28.8 Å². The summed E-state index contributed by atoms with van der Waals surface area (Å²) in [6.45, 7) is 1.39. The molecule has 0 unspecified atom stereocenters. The number of amides is 3. The number of nitrogens with one attached hydrogen (secondary N) is 3. The molecule has 23 heavy (non-hydrogen) atoms. The molecule has 0 radical (unpaired) electrons. The maximum absolute atomic E-state index is 11.9. The number of halogens is 1. The predicted molar refractivity (Wildman–Crippen MR) is 87.1 cm³/mol. The molecule has 3 amide bonds. The van der Waals surface area contributed by atoms with Gasteiger partial charge in [-0.1, -0.05) is 17.7 Å². The van der Waals surface area contributed by atoms with Crippen LogP contribution >= 0.6 is 11.6 Å². The van der Waals surface area contributed by atoms with Gasteiger partial charge in [0.15, 0.2) is 0 Å². The molecule has 0 aliphatic rings. The van der Waals surface area contributed by atoms with Gasteiger partial charge in [-0.2, -0.15) is 0 Å². The van der Waals surface area contributed by atoms with E-state index in [-0.39, 0.29) is 5.91 Å². The van der Waals surface area contributed by atoms with Crippen molar-refractivity contribution in [2.75, 3.05) is 5.32 Å². The van der Waals surface area contributed by atoms with Gasteiger partial charge >= 0.3 is 0 Å². The van der Waals surface area contributed by atoms with Gasteiger partial charge in [-0.25, -0.2) is 0 Å². The highest BCUT2D eigenvalue weighted by atomic mass is 35.5. The molecule has 2 aromatic rings. The van der Waals surface area contributed by atoms with Crippen molar-refractivity contribution in [2.24, 2.45) is 0 Å². The molecular weight excluding hydrogens is 318 g/mol. The second kappa shape index (κ2) is 7.42. The van der Waals surface area contributed by atoms with E-state index in [1.165, 1.54) is 25.1 Å². The third-order valence-corrected chi connectivity index (χ3v) is 3.08. The van der Waals surface area contributed by atoms with E-state index in [1.54, 1.807) is 30.3 Å². The first kappa shape index (κ1) is 16.5. The lowest BCUT2D eigenvalue weighted by molar-refractivity contribution is -0.114. The van der Waals surface area contributed by atoms with E-state index >= 15 is 0 Å². The molecular formula is C16H14ClN3O3. The summed E-state index contributed by atoms with van der Waals surface area (Å²) in [4.78, 5) is 34.7. The molecule has 2 aromatic carbocycles. The molecule has 0 fully saturated rings. The summed E-state index contributed by atoms with van der Waals surface area (Å²) < 4.78 is 0. The number of hydrogen-bond acceptors (Lipinski definition) is 3. The van der Waals surface area contributed by atoms with Crippen molar-refractivity contribution >= 4 is 35.0 Å². The third kappa shape index (κ3) is 4.82. The lowest BCUT2D eigenvalue weighted by Crippen LogP contribution is -2.41. The van der Waals surface area contributed by atoms with Crippen molar-refractivity contribution in [1.82, 2.24) is 10.9 Å². The topological polar surface area (TPSA) is 87.3 Å². The zero-order chi connectivity index (χ0) is 16.8. The van der Waals surface area contributed by atoms with E-state index in [1.807, 2.05) is 0 Å². The van der Waals surface area contributed by atoms with E-state index < -0.39 is 11.8 Å². The molecule has 7 heteroatoms. The zero-order valence-corrected chi connectivity index (χ0v) is 13.0. The number of anilines is 1. The minimum Gasteiger partial charge on any atom is -0.326 e. The van der Waals surface area contributed by atoms with Crippen LogP contribution in [-0.4, -0.2) is 17.7 Å². The maximum Gasteiger partial charge on any atom is 0.269 e. The quantitative estimate of drug-likeness (QED) is 0.755. The van der Waals surface area contributed by atoms with Gasteiger partial charge in [-0.15, -0.1) is 0 Å². The van der Waals surface area contributed by atoms with E-state index in [2.05, 4.69) is 16.2 Å². The molecule has 0 atom stereocenters. The SMILES string of the molecule is CC(=O)Nc1ccc(C(=O)NNC(=O)c2cccc(Cl)c2)cc1. The molecule has 118 valence electrons. The first-order valence-electron chi connectivity index (χ1n) is 6.69. The Morgan fingerprint density at radius 3 is 2.04 bits per heavy atom. The van der Waals surface area contributed by atoms with Crippen molar-refractivity contribution in [3.8, 4) is 0 Å². The van der Waals surface area contributed by atoms with Gasteiger partial charge in [0.05, 0.1) is 0 Å². The van der Waals surface area contributed by atoms with E-state index in [4.69, 9.17) is 11.6 Å². The molecule has 0 aliphatic carbocycles. The monoisotopic (exact) mass is 331 g/mol. The van der Waals surface area contributed by atoms with Crippen molar-refractivity contribution in [1.29, 1.82) is 0 Å². The van der Waals surface area contributed by atoms with Crippen molar-refractivity contribution in [2.45, 2.75) is 6.92 Å². The van der Waals surface area contributed by atoms with Crippen LogP contribution in [0.1, 0.15) is 27.6 Å². The first-order valence-corrected chi connectivity index (χ1v) is 7.07. The average Bonchev–Trinajstić information content (AvgIpc) is 2.52. The summed E-state index contributed by atoms with van der Waals surface area (Å²) in [5.74, 6) is -1.15. The number of carbonyl (C=O) groups is 3. The minimum absolute atomic E-state index is 0.198. The molecule has 0 bridgehead atoms. The summed E-state index contributed by atoms with van der Waals surface area (Å²) in [5.41, 5.74) is 5.86. The zero-order valence-electron chi connectivity index (χ0n) is 12.2. The molecule has 6 nitrogen and oxygen atoms in total. The number of rotatable bonds is 3. The Morgan fingerprint density at radius 1 is 0.870 bits per heavy atom. The number of carbonyl (C=O) groups excluding carboxylic acids is 3. The van der Waals surface area contributed by atoms with Crippen LogP contribution in [0.25, 0.3) is 0 Å². The Bertz CT molecular complexity index is 744. The fourth-order valence-electron chi connectivity index (χ4n) is 1.80. The third-order valence-electron chi connectivity index (χ3n) is 2.84. The molecule has 0 heterocycles. The Hall–Kier alpha value is -2.86. The van der Waals surface area contributed by atoms with Crippen LogP contribution in [0, 0.1) is 0 Å². The molecule has 0 aromatic heterocycles. The first-order chi connectivity index (χ1) is 11.0. The summed E-state index contributed by atoms with van der Waals surface area (Å²) in [6.07, 6.45) is 0. The van der Waals surface area contributed by atoms with Crippen LogP contribution in [-0.2, 0) is 4.79 Å². The fourth-order valence-corrected chi connectivity index (χ4v) is 1.99. The number of hydrogen-bond donors (Lipinski definition) is 3. The number of hydrazine groups is 1. The smallest absolute Gasteiger partial charge is 0.269 e. The van der Waals surface area contributed by atoms with Crippen LogP contribution in [0.4, 0.5) is 5.69 Å². The van der Waals surface area contributed by atoms with Crippen molar-refractivity contribution in [3.63, 3.8) is 0 Å². The summed E-state index contributed by atoms with van der Waals surface area (Å²) >= 11 is 5.80. The van der Waals surface area contributed by atoms with Gasteiger partial charge in [-0.05, 0) is 42.5 Å². The highest BCUT2D eigenvalue weighted by Crippen LogP contribution is 2.11. The van der Waals surface area contributed by atoms with Crippen LogP contribution in [0.3, 0.4) is 0 Å². The Labute approximate surface area is 137 Å². The molecule has 0 saturated heterocycles. The van der Waals surface area contributed by atoms with Crippen LogP contribution in [0.15, 0.2) is 48.5 Å². The number of benzene rings is 2. The summed E-state index contributed by atoms with van der Waals surface area (Å²) in [6, 6.07) is 12.6. The summed E-state index contributed by atoms with van der Waals surface area (Å²) in [5, 5.41) is 3.02. The predicted octanol–water partition coefficient (Wildman–Crippen LogP) is 2.37. The van der Waals surface area contributed by atoms with Gasteiger partial charge in [0.25, 0.3) is 11.8 Å². The standard InChI is InChI=1S/C16H14ClN3O3/c1-10(21)18-14-7-5-11(6-8-14)15(22)19-20-16(23)12-3-2-4-13(17)9-12/h2-9H,1H3,(H,18,21)(H,19,22)(H,20,23). The summed E-state index contributed by atoms with van der Waals surface area (Å²) in [7, 11) is 0. The Morgan fingerprint density at radius 2 is 1.48 bits per heavy atom. The molecule has 3 N–H and O–H groups in total. The van der Waals surface area contributed by atoms with Crippen LogP contribution in [0.5, 0.6) is 0 Å². The lowest BCUT2D eigenvalue weighted by atomic mass is 10.2. The van der Waals surface area contributed by atoms with E-state index in [0.717, 1.165) is 0 Å². The second-order valence-corrected chi connectivity index (χ2v) is 5.11. The molecule has 0 aliphatic heterocycles. The van der Waals surface area contributed by atoms with Crippen molar-refractivity contribution < 1.29 is 14.4 Å². The highest BCUT2D eigenvalue weighted by Gasteiger charge is 2.09. The molecule has 2 rings (SSSR count). The van der Waals surface area contributed by atoms with Crippen LogP contribution in [0.2, 0.25) is 5.02 Å². The lowest BCUT2D eigenvalue weighted by Gasteiger charge is -2.08. The Balaban J connectivity index is 1.94. The molecule has 0 saturated carbocycles. The van der Waals surface area contributed by atoms with Gasteiger partial charge in [0.1, 0.15) is 0 Å². The van der Waals surface area contributed by atoms with Gasteiger partial charge in [-0.3, -0.25) is 25.2 Å². The molecule has 0 spiro atoms. The van der Waals surface area contributed by atoms with Gasteiger partial charge < -0.3 is 5.32 Å². The minimum atomic E-state index is -0.477. The maximum atomic E-state index is 11.9. The highest BCUT2D eigenvalue weighted by molar-refractivity contribution is 6.30. The average molecular weight is 332 g/mol.